The van der Waals surface area contributed by atoms with Crippen molar-refractivity contribution in [2.24, 2.45) is 0 Å². The highest BCUT2D eigenvalue weighted by Crippen LogP contribution is 2.43. The van der Waals surface area contributed by atoms with Crippen molar-refractivity contribution in [2.45, 2.75) is 56.5 Å². The molecule has 0 atom stereocenters. The third-order valence-corrected chi connectivity index (χ3v) is 8.02. The summed E-state index contributed by atoms with van der Waals surface area (Å²) in [5.74, 6) is 2.19. The van der Waals surface area contributed by atoms with E-state index in [1.54, 1.807) is 30.2 Å². The van der Waals surface area contributed by atoms with Crippen LogP contribution in [0.1, 0.15) is 49.7 Å². The lowest BCUT2D eigenvalue weighted by atomic mass is 9.89. The molecule has 0 amide bonds. The number of aromatic nitrogens is 3. The number of methoxy groups -OCH3 is 1. The number of hydrogen-bond donors (Lipinski definition) is 1. The minimum Gasteiger partial charge on any atom is -0.385 e. The molecular weight excluding hydrogens is 426 g/mol. The maximum atomic E-state index is 5.28. The van der Waals surface area contributed by atoms with Gasteiger partial charge in [-0.15, -0.1) is 11.3 Å². The molecule has 0 aromatic carbocycles. The van der Waals surface area contributed by atoms with Crippen molar-refractivity contribution in [1.29, 1.82) is 0 Å². The quantitative estimate of drug-likeness (QED) is 0.294. The largest absolute Gasteiger partial charge is 0.385 e. The Bertz CT molecular complexity index is 1080. The van der Waals surface area contributed by atoms with Gasteiger partial charge in [-0.2, -0.15) is 0 Å². The second-order valence-corrected chi connectivity index (χ2v) is 10.2. The molecule has 3 aromatic heterocycles. The number of aryl methyl sites for hydroxylation is 1. The van der Waals surface area contributed by atoms with Crippen molar-refractivity contribution in [3.8, 4) is 0 Å². The van der Waals surface area contributed by atoms with Crippen LogP contribution in [0.5, 0.6) is 0 Å². The normalized spacial score (nSPS) is 16.8. The van der Waals surface area contributed by atoms with Gasteiger partial charge in [0.2, 0.25) is 0 Å². The fraction of sp³-hybridized carbons (Fsp3) is 0.609. The second-order valence-electron chi connectivity index (χ2n) is 8.44. The van der Waals surface area contributed by atoms with Gasteiger partial charge in [-0.3, -0.25) is 0 Å². The van der Waals surface area contributed by atoms with Crippen molar-refractivity contribution in [3.05, 3.63) is 11.1 Å². The van der Waals surface area contributed by atoms with E-state index in [0.29, 0.717) is 0 Å². The lowest BCUT2D eigenvalue weighted by Crippen LogP contribution is -2.31. The zero-order valence-corrected chi connectivity index (χ0v) is 20.1. The van der Waals surface area contributed by atoms with Crippen LogP contribution in [0.2, 0.25) is 0 Å². The minimum atomic E-state index is 0.747. The Morgan fingerprint density at radius 1 is 1.03 bits per heavy atom. The Hall–Kier alpha value is -1.64. The predicted octanol–water partition coefficient (Wildman–Crippen LogP) is 5.28. The molecule has 4 heterocycles. The first-order chi connectivity index (χ1) is 15.3. The van der Waals surface area contributed by atoms with E-state index in [0.717, 1.165) is 71.5 Å². The van der Waals surface area contributed by atoms with Gasteiger partial charge in [-0.25, -0.2) is 15.0 Å². The number of ether oxygens (including phenoxy) is 1. The van der Waals surface area contributed by atoms with E-state index in [-0.39, 0.29) is 0 Å². The first-order valence-corrected chi connectivity index (χ1v) is 13.5. The summed E-state index contributed by atoms with van der Waals surface area (Å²) in [6.07, 6.45) is 11.7. The van der Waals surface area contributed by atoms with Crippen LogP contribution in [0.25, 0.3) is 20.4 Å². The van der Waals surface area contributed by atoms with Gasteiger partial charge in [0.25, 0.3) is 0 Å². The molecule has 0 bridgehead atoms. The van der Waals surface area contributed by atoms with Crippen molar-refractivity contribution < 1.29 is 4.74 Å². The van der Waals surface area contributed by atoms with Crippen molar-refractivity contribution in [1.82, 2.24) is 15.0 Å². The Kier molecular flexibility index (Phi) is 6.48. The molecule has 1 saturated heterocycles. The molecule has 3 aromatic rings. The number of nitrogens with one attached hydrogen (secondary N) is 1. The van der Waals surface area contributed by atoms with E-state index in [4.69, 9.17) is 19.7 Å². The summed E-state index contributed by atoms with van der Waals surface area (Å²) in [5, 5.41) is 5.65. The lowest BCUT2D eigenvalue weighted by Gasteiger charge is -2.31. The van der Waals surface area contributed by atoms with Gasteiger partial charge < -0.3 is 15.0 Å². The van der Waals surface area contributed by atoms with Crippen LogP contribution in [0.3, 0.4) is 0 Å². The number of anilines is 2. The number of rotatable bonds is 7. The number of thioether (sulfide) groups is 1. The molecule has 8 heteroatoms. The van der Waals surface area contributed by atoms with Gasteiger partial charge in [-0.1, -0.05) is 11.8 Å². The average molecular weight is 458 g/mol. The number of piperidine rings is 1. The number of pyridine rings is 1. The van der Waals surface area contributed by atoms with E-state index in [9.17, 15) is 0 Å². The number of hydrogen-bond acceptors (Lipinski definition) is 8. The maximum absolute atomic E-state index is 5.28. The summed E-state index contributed by atoms with van der Waals surface area (Å²) in [4.78, 5) is 18.7. The molecule has 2 aliphatic rings. The van der Waals surface area contributed by atoms with Crippen molar-refractivity contribution in [3.63, 3.8) is 0 Å². The van der Waals surface area contributed by atoms with Crippen LogP contribution >= 0.6 is 23.1 Å². The van der Waals surface area contributed by atoms with E-state index < -0.39 is 0 Å². The van der Waals surface area contributed by atoms with Crippen LogP contribution in [0, 0.1) is 0 Å². The fourth-order valence-electron chi connectivity index (χ4n) is 4.89. The predicted molar refractivity (Wildman–Crippen MR) is 132 cm³/mol. The van der Waals surface area contributed by atoms with E-state index in [1.807, 2.05) is 6.26 Å². The van der Waals surface area contributed by atoms with E-state index in [2.05, 4.69) is 10.2 Å². The molecule has 1 aliphatic heterocycles. The molecule has 0 saturated carbocycles. The Morgan fingerprint density at radius 3 is 2.61 bits per heavy atom. The Morgan fingerprint density at radius 2 is 1.84 bits per heavy atom. The summed E-state index contributed by atoms with van der Waals surface area (Å²) in [6.45, 7) is 3.86. The molecule has 1 N–H and O–H groups in total. The van der Waals surface area contributed by atoms with Crippen molar-refractivity contribution in [2.75, 3.05) is 49.8 Å². The molecule has 0 radical (unpaired) electrons. The maximum Gasteiger partial charge on any atom is 0.189 e. The van der Waals surface area contributed by atoms with Crippen LogP contribution in [0.15, 0.2) is 5.16 Å². The number of fused-ring (bicyclic) bond motifs is 5. The van der Waals surface area contributed by atoms with Crippen LogP contribution in [0.4, 0.5) is 11.6 Å². The SMILES string of the molecule is COCCCNc1nc(SC)nc2c1sc1nc(N3CCCCC3)c3c(c12)CCCC3. The summed E-state index contributed by atoms with van der Waals surface area (Å²) >= 11 is 3.36. The summed E-state index contributed by atoms with van der Waals surface area (Å²) in [5.41, 5.74) is 4.07. The fourth-order valence-corrected chi connectivity index (χ4v) is 6.36. The van der Waals surface area contributed by atoms with Gasteiger partial charge >= 0.3 is 0 Å². The molecule has 1 fully saturated rings. The summed E-state index contributed by atoms with van der Waals surface area (Å²) in [7, 11) is 1.75. The molecular formula is C23H31N5OS2. The number of nitrogens with zero attached hydrogens (tertiary/aromatic N) is 4. The summed E-state index contributed by atoms with van der Waals surface area (Å²) in [6, 6.07) is 0. The number of thiophene rings is 1. The second kappa shape index (κ2) is 9.46. The van der Waals surface area contributed by atoms with Gasteiger partial charge in [0.05, 0.1) is 10.2 Å². The molecule has 31 heavy (non-hydrogen) atoms. The third kappa shape index (κ3) is 4.10. The van der Waals surface area contributed by atoms with Crippen molar-refractivity contribution >= 4 is 55.2 Å². The molecule has 0 unspecified atom stereocenters. The molecule has 6 nitrogen and oxygen atoms in total. The topological polar surface area (TPSA) is 63.2 Å². The highest BCUT2D eigenvalue weighted by atomic mass is 32.2. The first kappa shape index (κ1) is 21.2. The highest BCUT2D eigenvalue weighted by Gasteiger charge is 2.26. The highest BCUT2D eigenvalue weighted by molar-refractivity contribution is 7.98. The standard InChI is InChI=1S/C23H31N5OS2/c1-29-14-8-11-24-20-19-18(25-23(26-20)30-2)17-15-9-4-5-10-16(15)21(27-22(17)31-19)28-12-6-3-7-13-28/h3-14H2,1-2H3,(H,24,25,26). The summed E-state index contributed by atoms with van der Waals surface area (Å²) < 4.78 is 6.34. The Balaban J connectivity index is 1.67. The minimum absolute atomic E-state index is 0.747. The third-order valence-electron chi connectivity index (χ3n) is 6.40. The van der Waals surface area contributed by atoms with Crippen LogP contribution in [-0.2, 0) is 17.6 Å². The van der Waals surface area contributed by atoms with Crippen LogP contribution < -0.4 is 10.2 Å². The Labute approximate surface area is 192 Å². The van der Waals surface area contributed by atoms with Gasteiger partial charge in [-0.05, 0) is 68.7 Å². The molecule has 0 spiro atoms. The van der Waals surface area contributed by atoms with Gasteiger partial charge in [0, 0.05) is 38.7 Å². The monoisotopic (exact) mass is 457 g/mol. The van der Waals surface area contributed by atoms with E-state index >= 15 is 0 Å². The van der Waals surface area contributed by atoms with Gasteiger partial charge in [0.1, 0.15) is 16.5 Å². The molecule has 166 valence electrons. The zero-order valence-electron chi connectivity index (χ0n) is 18.5. The first-order valence-electron chi connectivity index (χ1n) is 11.5. The van der Waals surface area contributed by atoms with Crippen LogP contribution in [-0.4, -0.2) is 54.6 Å². The van der Waals surface area contributed by atoms with E-state index in [1.165, 1.54) is 54.4 Å². The zero-order chi connectivity index (χ0) is 21.2. The smallest absolute Gasteiger partial charge is 0.189 e. The molecule has 1 aliphatic carbocycles. The molecule has 5 rings (SSSR count). The average Bonchev–Trinajstić information content (AvgIpc) is 3.20. The lowest BCUT2D eigenvalue weighted by molar-refractivity contribution is 0.198. The van der Waals surface area contributed by atoms with Gasteiger partial charge in [0.15, 0.2) is 5.16 Å².